The zero-order chi connectivity index (χ0) is 36.5. The summed E-state index contributed by atoms with van der Waals surface area (Å²) in [5, 5.41) is 21.7. The normalized spacial score (nSPS) is 10.6. The van der Waals surface area contributed by atoms with Crippen molar-refractivity contribution in [1.82, 2.24) is 9.97 Å². The van der Waals surface area contributed by atoms with Gasteiger partial charge < -0.3 is 18.9 Å². The first-order valence-electron chi connectivity index (χ1n) is 16.6. The molecule has 0 fully saturated rings. The van der Waals surface area contributed by atoms with Crippen LogP contribution in [0, 0.1) is 22.7 Å². The first-order valence-corrected chi connectivity index (χ1v) is 17.3. The van der Waals surface area contributed by atoms with E-state index >= 15 is 0 Å². The zero-order valence-electron chi connectivity index (χ0n) is 28.4. The average molecular weight is 728 g/mol. The predicted octanol–water partition coefficient (Wildman–Crippen LogP) is 10.4. The number of hydrogen-bond donors (Lipinski definition) is 0. The summed E-state index contributed by atoms with van der Waals surface area (Å²) in [5.41, 5.74) is 6.15. The van der Waals surface area contributed by atoms with Crippen LogP contribution in [0.4, 0.5) is 0 Å². The van der Waals surface area contributed by atoms with Gasteiger partial charge in [-0.1, -0.05) is 83.9 Å². The quantitative estimate of drug-likeness (QED) is 0.108. The van der Waals surface area contributed by atoms with E-state index in [2.05, 4.69) is 22.1 Å². The second-order valence-corrected chi connectivity index (χ2v) is 12.1. The molecule has 4 aromatic carbocycles. The Morgan fingerprint density at radius 3 is 1.27 bits per heavy atom. The van der Waals surface area contributed by atoms with Crippen molar-refractivity contribution in [1.29, 1.82) is 10.5 Å². The van der Waals surface area contributed by atoms with E-state index in [1.165, 1.54) is 0 Å². The maximum Gasteiger partial charge on any atom is 0.232 e. The Morgan fingerprint density at radius 2 is 0.904 bits per heavy atom. The molecule has 0 bridgehead atoms. The highest BCUT2D eigenvalue weighted by Crippen LogP contribution is 2.40. The van der Waals surface area contributed by atoms with E-state index in [-0.39, 0.29) is 25.0 Å². The van der Waals surface area contributed by atoms with Crippen molar-refractivity contribution < 1.29 is 18.9 Å². The van der Waals surface area contributed by atoms with Gasteiger partial charge in [0.05, 0.1) is 24.6 Å². The number of hydrogen-bond acceptors (Lipinski definition) is 8. The summed E-state index contributed by atoms with van der Waals surface area (Å²) in [5.74, 6) is 1.59. The Morgan fingerprint density at radius 1 is 0.519 bits per heavy atom. The topological polar surface area (TPSA) is 110 Å². The van der Waals surface area contributed by atoms with Crippen molar-refractivity contribution in [2.24, 2.45) is 0 Å². The second-order valence-electron chi connectivity index (χ2n) is 11.3. The monoisotopic (exact) mass is 726 g/mol. The van der Waals surface area contributed by atoms with E-state index in [4.69, 9.17) is 42.1 Å². The molecule has 0 N–H and O–H groups in total. The van der Waals surface area contributed by atoms with Crippen molar-refractivity contribution in [2.45, 2.75) is 13.8 Å². The molecular formula is C42H32Cl2N4O4. The third kappa shape index (κ3) is 7.95. The second kappa shape index (κ2) is 16.8. The molecule has 0 aliphatic heterocycles. The number of rotatable bonds is 13. The fourth-order valence-corrected chi connectivity index (χ4v) is 5.89. The van der Waals surface area contributed by atoms with Gasteiger partial charge in [-0.25, -0.2) is 9.97 Å². The van der Waals surface area contributed by atoms with Crippen molar-refractivity contribution in [2.75, 3.05) is 26.4 Å². The van der Waals surface area contributed by atoms with Crippen molar-refractivity contribution >= 4 is 23.2 Å². The minimum Gasteiger partial charge on any atom is -0.489 e. The molecule has 2 heterocycles. The van der Waals surface area contributed by atoms with Gasteiger partial charge in [0.15, 0.2) is 0 Å². The molecule has 0 atom stereocenters. The fourth-order valence-electron chi connectivity index (χ4n) is 5.64. The van der Waals surface area contributed by atoms with E-state index in [0.717, 1.165) is 11.1 Å². The standard InChI is InChI=1S/C42H32Cl2N4O4/c1-3-49-41-35(25-45)33(23-37(47-41)27-13-17-29(43)18-14-27)31-9-5-7-11-39(31)51-21-22-52-40-12-8-6-10-32(40)34-24-38(28-15-19-30(44)20-16-28)48-42(50-4-2)36(34)26-46/h5-20,23-24H,3-4,21-22H2,1-2H3. The van der Waals surface area contributed by atoms with Gasteiger partial charge in [0.2, 0.25) is 11.8 Å². The van der Waals surface area contributed by atoms with Gasteiger partial charge in [-0.3, -0.25) is 0 Å². The lowest BCUT2D eigenvalue weighted by Gasteiger charge is -2.17. The van der Waals surface area contributed by atoms with Crippen molar-refractivity contribution in [3.05, 3.63) is 130 Å². The Labute approximate surface area is 312 Å². The molecule has 0 amide bonds. The summed E-state index contributed by atoms with van der Waals surface area (Å²) in [6.45, 7) is 4.74. The van der Waals surface area contributed by atoms with Crippen molar-refractivity contribution in [3.8, 4) is 80.2 Å². The smallest absolute Gasteiger partial charge is 0.232 e. The number of nitrogens with zero attached hydrogens (tertiary/aromatic N) is 4. The summed E-state index contributed by atoms with van der Waals surface area (Å²) in [7, 11) is 0. The van der Waals surface area contributed by atoms with Crippen LogP contribution in [0.25, 0.3) is 44.8 Å². The molecule has 52 heavy (non-hydrogen) atoms. The third-order valence-electron chi connectivity index (χ3n) is 7.99. The van der Waals surface area contributed by atoms with Crippen LogP contribution in [0.15, 0.2) is 109 Å². The molecule has 258 valence electrons. The van der Waals surface area contributed by atoms with Crippen LogP contribution in [0.3, 0.4) is 0 Å². The summed E-state index contributed by atoms with van der Waals surface area (Å²) >= 11 is 12.3. The molecule has 6 rings (SSSR count). The van der Waals surface area contributed by atoms with E-state index < -0.39 is 0 Å². The largest absolute Gasteiger partial charge is 0.489 e. The third-order valence-corrected chi connectivity index (χ3v) is 8.50. The molecule has 8 nitrogen and oxygen atoms in total. The van der Waals surface area contributed by atoms with Gasteiger partial charge in [0, 0.05) is 43.4 Å². The summed E-state index contributed by atoms with van der Waals surface area (Å²) in [4.78, 5) is 9.32. The number of aromatic nitrogens is 2. The van der Waals surface area contributed by atoms with Crippen LogP contribution in [0.1, 0.15) is 25.0 Å². The molecule has 0 spiro atoms. The van der Waals surface area contributed by atoms with Crippen LogP contribution in [-0.4, -0.2) is 36.4 Å². The Balaban J connectivity index is 1.28. The van der Waals surface area contributed by atoms with Crippen LogP contribution in [-0.2, 0) is 0 Å². The molecule has 0 aliphatic carbocycles. The minimum absolute atomic E-state index is 0.183. The number of halogens is 2. The van der Waals surface area contributed by atoms with E-state index in [0.29, 0.717) is 79.5 Å². The fraction of sp³-hybridized carbons (Fsp3) is 0.143. The molecule has 0 saturated carbocycles. The van der Waals surface area contributed by atoms with Gasteiger partial charge in [-0.2, -0.15) is 10.5 Å². The van der Waals surface area contributed by atoms with Gasteiger partial charge in [0.25, 0.3) is 0 Å². The van der Waals surface area contributed by atoms with E-state index in [1.807, 2.05) is 98.8 Å². The highest BCUT2D eigenvalue weighted by Gasteiger charge is 2.21. The Kier molecular flexibility index (Phi) is 11.5. The number of para-hydroxylation sites is 2. The number of ether oxygens (including phenoxy) is 4. The number of pyridine rings is 2. The lowest BCUT2D eigenvalue weighted by Crippen LogP contribution is -2.10. The van der Waals surface area contributed by atoms with Crippen LogP contribution in [0.5, 0.6) is 23.3 Å². The Bertz CT molecular complexity index is 2120. The SMILES string of the molecule is CCOc1nc(-c2ccc(Cl)cc2)cc(-c2ccccc2OCCOc2ccccc2-c2cc(-c3ccc(Cl)cc3)nc(OCC)c2C#N)c1C#N. The lowest BCUT2D eigenvalue weighted by atomic mass is 9.98. The molecule has 0 aliphatic rings. The van der Waals surface area contributed by atoms with Gasteiger partial charge in [-0.05, 0) is 62.4 Å². The number of benzene rings is 4. The molecule has 10 heteroatoms. The molecule has 0 saturated heterocycles. The predicted molar refractivity (Wildman–Crippen MR) is 203 cm³/mol. The summed E-state index contributed by atoms with van der Waals surface area (Å²) in [6.07, 6.45) is 0. The first kappa shape index (κ1) is 35.8. The van der Waals surface area contributed by atoms with Crippen LogP contribution < -0.4 is 18.9 Å². The molecule has 6 aromatic rings. The van der Waals surface area contributed by atoms with E-state index in [9.17, 15) is 10.5 Å². The minimum atomic E-state index is 0.183. The molecule has 0 unspecified atom stereocenters. The number of nitriles is 2. The van der Waals surface area contributed by atoms with Crippen LogP contribution in [0.2, 0.25) is 10.0 Å². The van der Waals surface area contributed by atoms with Gasteiger partial charge >= 0.3 is 0 Å². The maximum atomic E-state index is 10.2. The summed E-state index contributed by atoms with van der Waals surface area (Å²) < 4.78 is 24.2. The first-order chi connectivity index (χ1) is 25.4. The Hall–Kier alpha value is -6.06. The van der Waals surface area contributed by atoms with Crippen LogP contribution >= 0.6 is 23.2 Å². The van der Waals surface area contributed by atoms with Crippen molar-refractivity contribution in [3.63, 3.8) is 0 Å². The van der Waals surface area contributed by atoms with E-state index in [1.54, 1.807) is 24.3 Å². The summed E-state index contributed by atoms with van der Waals surface area (Å²) in [6, 6.07) is 37.9. The zero-order valence-corrected chi connectivity index (χ0v) is 29.9. The van der Waals surface area contributed by atoms with Gasteiger partial charge in [-0.15, -0.1) is 0 Å². The molecule has 2 aromatic heterocycles. The average Bonchev–Trinajstić information content (AvgIpc) is 3.17. The highest BCUT2D eigenvalue weighted by atomic mass is 35.5. The maximum absolute atomic E-state index is 10.2. The highest BCUT2D eigenvalue weighted by molar-refractivity contribution is 6.30. The molecule has 0 radical (unpaired) electrons. The van der Waals surface area contributed by atoms with Gasteiger partial charge in [0.1, 0.15) is 48.0 Å². The lowest BCUT2D eigenvalue weighted by molar-refractivity contribution is 0.218. The molecular weight excluding hydrogens is 695 g/mol.